The van der Waals surface area contributed by atoms with E-state index in [0.717, 1.165) is 30.2 Å². The third-order valence-corrected chi connectivity index (χ3v) is 2.95. The first-order valence-electron chi connectivity index (χ1n) is 7.10. The van der Waals surface area contributed by atoms with E-state index < -0.39 is 0 Å². The Morgan fingerprint density at radius 2 is 1.50 bits per heavy atom. The fourth-order valence-corrected chi connectivity index (χ4v) is 1.88. The lowest BCUT2D eigenvalue weighted by Crippen LogP contribution is -2.84. The second kappa shape index (κ2) is 8.23. The molecule has 2 N–H and O–H groups in total. The largest absolute Gasteiger partial charge is 0.485 e. The Balaban J connectivity index is 1.90. The summed E-state index contributed by atoms with van der Waals surface area (Å²) in [6.45, 7) is 5.43. The van der Waals surface area contributed by atoms with Gasteiger partial charge in [0.25, 0.3) is 0 Å². The zero-order chi connectivity index (χ0) is 14.0. The number of quaternary nitrogens is 1. The molecule has 0 aliphatic heterocycles. The second-order valence-corrected chi connectivity index (χ2v) is 4.56. The number of hydrogen-bond acceptors (Lipinski definition) is 2. The summed E-state index contributed by atoms with van der Waals surface area (Å²) in [4.78, 5) is 0. The van der Waals surface area contributed by atoms with E-state index in [-0.39, 0.29) is 0 Å². The molecule has 0 spiro atoms. The first kappa shape index (κ1) is 14.4. The summed E-state index contributed by atoms with van der Waals surface area (Å²) >= 11 is 0. The lowest BCUT2D eigenvalue weighted by molar-refractivity contribution is -0.652. The molecular weight excluding hydrogens is 250 g/mol. The van der Waals surface area contributed by atoms with Crippen LogP contribution in [-0.4, -0.2) is 19.7 Å². The van der Waals surface area contributed by atoms with E-state index in [1.54, 1.807) is 0 Å². The van der Waals surface area contributed by atoms with Crippen molar-refractivity contribution in [1.82, 2.24) is 0 Å². The van der Waals surface area contributed by atoms with Gasteiger partial charge in [0.1, 0.15) is 19.8 Å². The Hall–Kier alpha value is -2.00. The molecule has 0 bridgehead atoms. The highest BCUT2D eigenvalue weighted by Gasteiger charge is 2.04. The molecule has 2 aromatic carbocycles. The average Bonchev–Trinajstić information content (AvgIpc) is 2.51. The van der Waals surface area contributed by atoms with Crippen LogP contribution in [-0.2, 0) is 6.61 Å². The van der Waals surface area contributed by atoms with Gasteiger partial charge >= 0.3 is 0 Å². The molecule has 0 unspecified atom stereocenters. The lowest BCUT2D eigenvalue weighted by atomic mass is 10.2. The van der Waals surface area contributed by atoms with E-state index in [1.807, 2.05) is 42.5 Å². The summed E-state index contributed by atoms with van der Waals surface area (Å²) in [7, 11) is 0. The van der Waals surface area contributed by atoms with Gasteiger partial charge in [-0.3, -0.25) is 0 Å². The molecule has 2 rings (SSSR count). The molecule has 0 aliphatic carbocycles. The monoisotopic (exact) mass is 272 g/mol. The summed E-state index contributed by atoms with van der Waals surface area (Å²) in [6.07, 6.45) is 0. The topological polar surface area (TPSA) is 35.1 Å². The molecular formula is C17H22NO2+. The molecule has 3 heteroatoms. The van der Waals surface area contributed by atoms with Crippen LogP contribution >= 0.6 is 0 Å². The van der Waals surface area contributed by atoms with Crippen LogP contribution in [0.2, 0.25) is 0 Å². The molecule has 106 valence electrons. The van der Waals surface area contributed by atoms with Crippen LogP contribution in [0.1, 0.15) is 12.5 Å². The molecule has 0 aliphatic rings. The number of para-hydroxylation sites is 2. The zero-order valence-electron chi connectivity index (χ0n) is 11.9. The smallest absolute Gasteiger partial charge is 0.161 e. The number of ether oxygens (including phenoxy) is 2. The molecule has 0 atom stereocenters. The Morgan fingerprint density at radius 3 is 2.20 bits per heavy atom. The predicted molar refractivity (Wildman–Crippen MR) is 80.0 cm³/mol. The van der Waals surface area contributed by atoms with Gasteiger partial charge in [-0.15, -0.1) is 0 Å². The van der Waals surface area contributed by atoms with Crippen molar-refractivity contribution < 1.29 is 14.8 Å². The SMILES string of the molecule is CC[NH2+]CCOc1ccccc1OCc1ccccc1. The van der Waals surface area contributed by atoms with Gasteiger partial charge in [0.2, 0.25) is 0 Å². The first-order valence-corrected chi connectivity index (χ1v) is 7.10. The predicted octanol–water partition coefficient (Wildman–Crippen LogP) is 2.23. The summed E-state index contributed by atoms with van der Waals surface area (Å²) in [5.74, 6) is 1.61. The number of rotatable bonds is 8. The third-order valence-electron chi connectivity index (χ3n) is 2.95. The molecule has 0 heterocycles. The lowest BCUT2D eigenvalue weighted by Gasteiger charge is -2.12. The number of hydrogen-bond donors (Lipinski definition) is 1. The van der Waals surface area contributed by atoms with Crippen LogP contribution in [0.15, 0.2) is 54.6 Å². The van der Waals surface area contributed by atoms with Crippen molar-refractivity contribution >= 4 is 0 Å². The van der Waals surface area contributed by atoms with Crippen molar-refractivity contribution in [2.45, 2.75) is 13.5 Å². The van der Waals surface area contributed by atoms with E-state index >= 15 is 0 Å². The van der Waals surface area contributed by atoms with E-state index in [4.69, 9.17) is 9.47 Å². The van der Waals surface area contributed by atoms with Crippen LogP contribution in [0.3, 0.4) is 0 Å². The van der Waals surface area contributed by atoms with Crippen LogP contribution < -0.4 is 14.8 Å². The molecule has 20 heavy (non-hydrogen) atoms. The van der Waals surface area contributed by atoms with Gasteiger partial charge in [-0.25, -0.2) is 0 Å². The summed E-state index contributed by atoms with van der Waals surface area (Å²) in [5.41, 5.74) is 1.15. The van der Waals surface area contributed by atoms with Crippen molar-refractivity contribution in [2.24, 2.45) is 0 Å². The highest BCUT2D eigenvalue weighted by molar-refractivity contribution is 5.39. The normalized spacial score (nSPS) is 10.2. The highest BCUT2D eigenvalue weighted by Crippen LogP contribution is 2.27. The van der Waals surface area contributed by atoms with E-state index in [0.29, 0.717) is 13.2 Å². The fraction of sp³-hybridized carbons (Fsp3) is 0.294. The molecule has 0 saturated heterocycles. The van der Waals surface area contributed by atoms with Crippen molar-refractivity contribution in [3.63, 3.8) is 0 Å². The second-order valence-electron chi connectivity index (χ2n) is 4.56. The van der Waals surface area contributed by atoms with Gasteiger partial charge in [0.15, 0.2) is 11.5 Å². The van der Waals surface area contributed by atoms with Crippen molar-refractivity contribution in [3.8, 4) is 11.5 Å². The minimum absolute atomic E-state index is 0.558. The zero-order valence-corrected chi connectivity index (χ0v) is 11.9. The Bertz CT molecular complexity index is 499. The van der Waals surface area contributed by atoms with E-state index in [9.17, 15) is 0 Å². The minimum Gasteiger partial charge on any atom is -0.485 e. The van der Waals surface area contributed by atoms with E-state index in [1.165, 1.54) is 0 Å². The summed E-state index contributed by atoms with van der Waals surface area (Å²) in [5, 5.41) is 2.22. The van der Waals surface area contributed by atoms with Crippen LogP contribution in [0.25, 0.3) is 0 Å². The van der Waals surface area contributed by atoms with Gasteiger partial charge in [-0.2, -0.15) is 0 Å². The Kier molecular flexibility index (Phi) is 5.93. The van der Waals surface area contributed by atoms with Gasteiger partial charge in [-0.1, -0.05) is 42.5 Å². The van der Waals surface area contributed by atoms with Gasteiger partial charge in [-0.05, 0) is 24.6 Å². The molecule has 2 aromatic rings. The van der Waals surface area contributed by atoms with Crippen molar-refractivity contribution in [2.75, 3.05) is 19.7 Å². The van der Waals surface area contributed by atoms with Crippen LogP contribution in [0, 0.1) is 0 Å². The van der Waals surface area contributed by atoms with Gasteiger partial charge in [0, 0.05) is 0 Å². The number of nitrogens with two attached hydrogens (primary N) is 1. The van der Waals surface area contributed by atoms with Gasteiger partial charge < -0.3 is 14.8 Å². The standard InChI is InChI=1S/C17H21NO2/c1-2-18-12-13-19-16-10-6-7-11-17(16)20-14-15-8-4-3-5-9-15/h3-11,18H,2,12-14H2,1H3/p+1. The van der Waals surface area contributed by atoms with Gasteiger partial charge in [0.05, 0.1) is 6.54 Å². The molecule has 0 fully saturated rings. The number of benzene rings is 2. The maximum Gasteiger partial charge on any atom is 0.161 e. The third kappa shape index (κ3) is 4.59. The first-order chi connectivity index (χ1) is 9.90. The maximum absolute atomic E-state index is 5.85. The molecule has 0 radical (unpaired) electrons. The van der Waals surface area contributed by atoms with Crippen molar-refractivity contribution in [1.29, 1.82) is 0 Å². The molecule has 0 saturated carbocycles. The molecule has 3 nitrogen and oxygen atoms in total. The minimum atomic E-state index is 0.558. The molecule has 0 aromatic heterocycles. The number of likely N-dealkylation sites (N-methyl/N-ethyl adjacent to an activating group) is 1. The van der Waals surface area contributed by atoms with Crippen LogP contribution in [0.5, 0.6) is 11.5 Å². The van der Waals surface area contributed by atoms with E-state index in [2.05, 4.69) is 24.4 Å². The summed E-state index contributed by atoms with van der Waals surface area (Å²) in [6, 6.07) is 18.0. The average molecular weight is 272 g/mol. The maximum atomic E-state index is 5.85. The van der Waals surface area contributed by atoms with Crippen molar-refractivity contribution in [3.05, 3.63) is 60.2 Å². The highest BCUT2D eigenvalue weighted by atomic mass is 16.5. The Labute approximate surface area is 120 Å². The fourth-order valence-electron chi connectivity index (χ4n) is 1.88. The van der Waals surface area contributed by atoms with Crippen LogP contribution in [0.4, 0.5) is 0 Å². The summed E-state index contributed by atoms with van der Waals surface area (Å²) < 4.78 is 11.6. The quantitative estimate of drug-likeness (QED) is 0.748. The Morgan fingerprint density at radius 1 is 0.850 bits per heavy atom. The molecule has 0 amide bonds.